The van der Waals surface area contributed by atoms with Gasteiger partial charge in [-0.3, -0.25) is 19.4 Å². The molecule has 11 heteroatoms. The van der Waals surface area contributed by atoms with E-state index in [2.05, 4.69) is 23.1 Å². The highest BCUT2D eigenvalue weighted by molar-refractivity contribution is 6.30. The summed E-state index contributed by atoms with van der Waals surface area (Å²) in [6, 6.07) is 31.7. The van der Waals surface area contributed by atoms with Crippen molar-refractivity contribution >= 4 is 47.2 Å². The Morgan fingerprint density at radius 3 is 2.33 bits per heavy atom. The van der Waals surface area contributed by atoms with Gasteiger partial charge in [0.1, 0.15) is 11.9 Å². The molecule has 1 fully saturated rings. The third-order valence-corrected chi connectivity index (χ3v) is 10.4. The predicted octanol–water partition coefficient (Wildman–Crippen LogP) is 7.42. The van der Waals surface area contributed by atoms with Gasteiger partial charge in [0, 0.05) is 60.4 Å². The maximum atomic E-state index is 14.7. The molecule has 3 aliphatic rings. The number of hydrogen-bond donors (Lipinski definition) is 1. The number of anilines is 2. The summed E-state index contributed by atoms with van der Waals surface area (Å²) in [6.07, 6.45) is 2.24. The Morgan fingerprint density at radius 2 is 1.56 bits per heavy atom. The molecule has 0 radical (unpaired) electrons. The number of nitrogens with zero attached hydrogens (tertiary/aromatic N) is 4. The van der Waals surface area contributed by atoms with Crippen LogP contribution in [-0.2, 0) is 35.6 Å². The van der Waals surface area contributed by atoms with Crippen molar-refractivity contribution in [2.45, 2.75) is 38.3 Å². The number of carbonyl (C=O) groups excluding carboxylic acids is 2. The third kappa shape index (κ3) is 7.20. The number of hydrogen-bond acceptors (Lipinski definition) is 6. The molecule has 9 nitrogen and oxygen atoms in total. The molecular formula is C41H40Cl2N4O5. The Balaban J connectivity index is 0.00000420. The first-order valence-electron chi connectivity index (χ1n) is 17.4. The van der Waals surface area contributed by atoms with E-state index < -0.39 is 6.10 Å². The van der Waals surface area contributed by atoms with Gasteiger partial charge in [0.2, 0.25) is 0 Å². The highest BCUT2D eigenvalue weighted by atomic mass is 35.5. The Labute approximate surface area is 314 Å². The number of aromatic nitrogens is 1. The fourth-order valence-corrected chi connectivity index (χ4v) is 7.71. The molecule has 0 aliphatic carbocycles. The molecule has 5 aromatic rings. The molecule has 2 amide bonds. The van der Waals surface area contributed by atoms with Crippen molar-refractivity contribution in [3.05, 3.63) is 148 Å². The molecule has 0 bridgehead atoms. The minimum atomic E-state index is -0.456. The van der Waals surface area contributed by atoms with Gasteiger partial charge in [-0.2, -0.15) is 0 Å². The summed E-state index contributed by atoms with van der Waals surface area (Å²) < 4.78 is 14.1. The normalized spacial score (nSPS) is 18.5. The first-order valence-corrected chi connectivity index (χ1v) is 17.8. The molecule has 4 heterocycles. The molecule has 3 aliphatic heterocycles. The number of phenolic OH excluding ortho intramolecular Hbond substituents is 1. The topological polar surface area (TPSA) is 87.5 Å². The van der Waals surface area contributed by atoms with E-state index in [1.165, 1.54) is 11.1 Å². The SMILES string of the molecule is Cl.O=C(c1ccn2c1COC(c1cc(Cl)ccc1C(=O)N1Cc3ccccc3C[C@H]1CN1CCOCC1)C2)N(c1ccccc1)c1ccc(O)cc1. The fourth-order valence-electron chi connectivity index (χ4n) is 7.53. The number of fused-ring (bicyclic) bond motifs is 2. The second kappa shape index (κ2) is 15.5. The van der Waals surface area contributed by atoms with Crippen molar-refractivity contribution in [1.82, 2.24) is 14.4 Å². The lowest BCUT2D eigenvalue weighted by Gasteiger charge is -2.41. The summed E-state index contributed by atoms with van der Waals surface area (Å²) in [5.41, 5.74) is 6.37. The Morgan fingerprint density at radius 1 is 0.846 bits per heavy atom. The minimum Gasteiger partial charge on any atom is -0.508 e. The molecule has 8 rings (SSSR count). The van der Waals surface area contributed by atoms with Gasteiger partial charge in [0.05, 0.1) is 37.6 Å². The molecule has 268 valence electrons. The van der Waals surface area contributed by atoms with Crippen LogP contribution in [-0.4, -0.2) is 70.2 Å². The van der Waals surface area contributed by atoms with Gasteiger partial charge in [0.15, 0.2) is 0 Å². The summed E-state index contributed by atoms with van der Waals surface area (Å²) in [4.78, 5) is 35.0. The molecule has 1 unspecified atom stereocenters. The number of rotatable bonds is 7. The molecule has 0 saturated carbocycles. The standard InChI is InChI=1S/C41H39ClN4O5.ClH/c42-30-10-15-35(40(48)45-24-29-7-5-4-6-28(29)22-33(45)25-43-18-20-50-21-19-43)37(23-30)39-26-44-17-16-36(38(44)27-51-39)41(49)46(31-8-2-1-3-9-31)32-11-13-34(47)14-12-32;/h1-17,23,33,39,47H,18-22,24-27H2;1H/t33-,39?;/m0./s1. The molecule has 1 N–H and O–H groups in total. The van der Waals surface area contributed by atoms with Crippen LogP contribution in [0.2, 0.25) is 5.02 Å². The monoisotopic (exact) mass is 738 g/mol. The Hall–Kier alpha value is -4.64. The predicted molar refractivity (Wildman–Crippen MR) is 203 cm³/mol. The Kier molecular flexibility index (Phi) is 10.7. The van der Waals surface area contributed by atoms with Crippen molar-refractivity contribution in [2.75, 3.05) is 37.7 Å². The molecular weight excluding hydrogens is 699 g/mol. The highest BCUT2D eigenvalue weighted by Gasteiger charge is 2.35. The maximum absolute atomic E-state index is 14.7. The van der Waals surface area contributed by atoms with E-state index in [1.807, 2.05) is 70.3 Å². The first-order chi connectivity index (χ1) is 24.9. The molecule has 52 heavy (non-hydrogen) atoms. The van der Waals surface area contributed by atoms with Gasteiger partial charge in [-0.25, -0.2) is 0 Å². The van der Waals surface area contributed by atoms with Crippen LogP contribution >= 0.6 is 24.0 Å². The second-order valence-corrected chi connectivity index (χ2v) is 13.8. The molecule has 2 atom stereocenters. The van der Waals surface area contributed by atoms with Gasteiger partial charge in [-0.1, -0.05) is 54.1 Å². The quantitative estimate of drug-likeness (QED) is 0.187. The lowest BCUT2D eigenvalue weighted by molar-refractivity contribution is 0.00136. The van der Waals surface area contributed by atoms with Crippen LogP contribution in [0.5, 0.6) is 5.75 Å². The van der Waals surface area contributed by atoms with Crippen LogP contribution < -0.4 is 4.90 Å². The molecule has 1 saturated heterocycles. The van der Waals surface area contributed by atoms with E-state index in [0.29, 0.717) is 53.8 Å². The van der Waals surface area contributed by atoms with Crippen LogP contribution in [0.4, 0.5) is 11.4 Å². The number of para-hydroxylation sites is 1. The summed E-state index contributed by atoms with van der Waals surface area (Å²) in [7, 11) is 0. The van der Waals surface area contributed by atoms with Crippen LogP contribution in [0, 0.1) is 0 Å². The molecule has 1 aromatic heterocycles. The smallest absolute Gasteiger partial charge is 0.264 e. The van der Waals surface area contributed by atoms with Crippen LogP contribution in [0.15, 0.2) is 109 Å². The van der Waals surface area contributed by atoms with Gasteiger partial charge < -0.3 is 24.0 Å². The van der Waals surface area contributed by atoms with E-state index in [-0.39, 0.29) is 42.6 Å². The van der Waals surface area contributed by atoms with Crippen molar-refractivity contribution < 1.29 is 24.2 Å². The zero-order chi connectivity index (χ0) is 34.9. The van der Waals surface area contributed by atoms with Crippen molar-refractivity contribution in [3.8, 4) is 5.75 Å². The maximum Gasteiger partial charge on any atom is 0.264 e. The lowest BCUT2D eigenvalue weighted by Crippen LogP contribution is -2.52. The summed E-state index contributed by atoms with van der Waals surface area (Å²) in [6.45, 7) is 5.00. The van der Waals surface area contributed by atoms with Crippen LogP contribution in [0.1, 0.15) is 49.2 Å². The van der Waals surface area contributed by atoms with E-state index in [0.717, 1.165) is 37.3 Å². The summed E-state index contributed by atoms with van der Waals surface area (Å²) in [5, 5.41) is 10.4. The fraction of sp³-hybridized carbons (Fsp3) is 0.268. The zero-order valence-electron chi connectivity index (χ0n) is 28.6. The van der Waals surface area contributed by atoms with Gasteiger partial charge in [-0.05, 0) is 83.8 Å². The van der Waals surface area contributed by atoms with Crippen molar-refractivity contribution in [1.29, 1.82) is 0 Å². The number of morpholine rings is 1. The van der Waals surface area contributed by atoms with Crippen LogP contribution in [0.3, 0.4) is 0 Å². The van der Waals surface area contributed by atoms with Gasteiger partial charge in [0.25, 0.3) is 11.8 Å². The average molecular weight is 740 g/mol. The van der Waals surface area contributed by atoms with E-state index in [9.17, 15) is 14.7 Å². The number of carbonyl (C=O) groups is 2. The number of halogens is 2. The number of amides is 2. The number of ether oxygens (including phenoxy) is 2. The van der Waals surface area contributed by atoms with Gasteiger partial charge >= 0.3 is 0 Å². The zero-order valence-corrected chi connectivity index (χ0v) is 30.1. The van der Waals surface area contributed by atoms with Crippen LogP contribution in [0.25, 0.3) is 0 Å². The van der Waals surface area contributed by atoms with Crippen molar-refractivity contribution in [3.63, 3.8) is 0 Å². The van der Waals surface area contributed by atoms with Crippen molar-refractivity contribution in [2.24, 2.45) is 0 Å². The summed E-state index contributed by atoms with van der Waals surface area (Å²) >= 11 is 6.59. The minimum absolute atomic E-state index is 0. The highest BCUT2D eigenvalue weighted by Crippen LogP contribution is 2.36. The average Bonchev–Trinajstić information content (AvgIpc) is 3.59. The number of aromatic hydroxyl groups is 1. The second-order valence-electron chi connectivity index (χ2n) is 13.3. The van der Waals surface area contributed by atoms with Gasteiger partial charge in [-0.15, -0.1) is 12.4 Å². The van der Waals surface area contributed by atoms with E-state index >= 15 is 0 Å². The third-order valence-electron chi connectivity index (χ3n) is 10.2. The number of benzene rings is 4. The van der Waals surface area contributed by atoms with E-state index in [1.54, 1.807) is 35.2 Å². The van der Waals surface area contributed by atoms with E-state index in [4.69, 9.17) is 21.1 Å². The number of phenols is 1. The Bertz CT molecular complexity index is 2050. The lowest BCUT2D eigenvalue weighted by atomic mass is 9.91. The largest absolute Gasteiger partial charge is 0.508 e. The molecule has 4 aromatic carbocycles. The summed E-state index contributed by atoms with van der Waals surface area (Å²) in [5.74, 6) is -0.130. The first kappa shape index (κ1) is 35.7. The molecule has 0 spiro atoms.